The smallest absolute Gasteiger partial charge is 0.132 e. The zero-order valence-corrected chi connectivity index (χ0v) is 11.8. The van der Waals surface area contributed by atoms with Crippen molar-refractivity contribution in [3.05, 3.63) is 23.8 Å². The number of rotatable bonds is 7. The van der Waals surface area contributed by atoms with E-state index in [-0.39, 0.29) is 6.10 Å². The van der Waals surface area contributed by atoms with Crippen LogP contribution in [0.25, 0.3) is 0 Å². The highest BCUT2D eigenvalue weighted by Crippen LogP contribution is 2.25. The Bertz CT molecular complexity index is 429. The zero-order chi connectivity index (χ0) is 14.3. The van der Waals surface area contributed by atoms with Crippen LogP contribution in [0.15, 0.2) is 23.4 Å². The number of benzene rings is 1. The van der Waals surface area contributed by atoms with Crippen molar-refractivity contribution in [2.24, 2.45) is 5.16 Å². The van der Waals surface area contributed by atoms with Gasteiger partial charge in [-0.05, 0) is 32.9 Å². The van der Waals surface area contributed by atoms with Crippen LogP contribution < -0.4 is 9.47 Å². The second-order valence-electron chi connectivity index (χ2n) is 4.32. The predicted octanol–water partition coefficient (Wildman–Crippen LogP) is 2.70. The van der Waals surface area contributed by atoms with E-state index in [1.165, 1.54) is 0 Å². The summed E-state index contributed by atoms with van der Waals surface area (Å²) in [6.07, 6.45) is 0.175. The van der Waals surface area contributed by atoms with Crippen molar-refractivity contribution in [1.82, 2.24) is 0 Å². The van der Waals surface area contributed by atoms with E-state index >= 15 is 0 Å². The molecule has 0 saturated carbocycles. The fourth-order valence-corrected chi connectivity index (χ4v) is 1.54. The van der Waals surface area contributed by atoms with Crippen LogP contribution in [0.2, 0.25) is 0 Å². The summed E-state index contributed by atoms with van der Waals surface area (Å²) in [5.74, 6) is 1.30. The van der Waals surface area contributed by atoms with Gasteiger partial charge >= 0.3 is 0 Å². The van der Waals surface area contributed by atoms with Crippen molar-refractivity contribution in [2.45, 2.75) is 26.9 Å². The van der Waals surface area contributed by atoms with Gasteiger partial charge in [0.05, 0.1) is 25.5 Å². The largest absolute Gasteiger partial charge is 0.497 e. The Hall–Kier alpha value is -1.75. The number of hydrogen-bond acceptors (Lipinski definition) is 5. The van der Waals surface area contributed by atoms with Gasteiger partial charge in [-0.2, -0.15) is 0 Å². The molecule has 0 spiro atoms. The van der Waals surface area contributed by atoms with Crippen molar-refractivity contribution < 1.29 is 19.4 Å². The lowest BCUT2D eigenvalue weighted by atomic mass is 10.1. The van der Waals surface area contributed by atoms with Crippen molar-refractivity contribution in [2.75, 3.05) is 20.3 Å². The molecule has 106 valence electrons. The molecular formula is C14H21NO4. The first-order chi connectivity index (χ1) is 9.08. The molecule has 0 unspecified atom stereocenters. The van der Waals surface area contributed by atoms with E-state index in [1.54, 1.807) is 32.2 Å². The third-order valence-corrected chi connectivity index (χ3v) is 2.52. The highest BCUT2D eigenvalue weighted by Gasteiger charge is 2.09. The summed E-state index contributed by atoms with van der Waals surface area (Å²) in [5.41, 5.74) is 1.22. The minimum absolute atomic E-state index is 0.175. The number of oxime groups is 1. The van der Waals surface area contributed by atoms with Crippen LogP contribution >= 0.6 is 0 Å². The highest BCUT2D eigenvalue weighted by atomic mass is 16.5. The van der Waals surface area contributed by atoms with Crippen LogP contribution in [0.4, 0.5) is 0 Å². The second-order valence-corrected chi connectivity index (χ2v) is 4.32. The zero-order valence-electron chi connectivity index (χ0n) is 11.8. The highest BCUT2D eigenvalue weighted by molar-refractivity contribution is 6.00. The molecule has 0 amide bonds. The van der Waals surface area contributed by atoms with Gasteiger partial charge in [0.1, 0.15) is 18.1 Å². The average Bonchev–Trinajstić information content (AvgIpc) is 2.42. The van der Waals surface area contributed by atoms with Crippen LogP contribution in [0.1, 0.15) is 26.3 Å². The lowest BCUT2D eigenvalue weighted by Crippen LogP contribution is -2.12. The average molecular weight is 267 g/mol. The molecule has 0 bridgehead atoms. The van der Waals surface area contributed by atoms with Crippen LogP contribution in [-0.2, 0) is 4.74 Å². The van der Waals surface area contributed by atoms with E-state index in [0.717, 1.165) is 5.56 Å². The van der Waals surface area contributed by atoms with Gasteiger partial charge in [0.2, 0.25) is 0 Å². The molecule has 0 aliphatic carbocycles. The first-order valence-electron chi connectivity index (χ1n) is 6.20. The second kappa shape index (κ2) is 7.63. The maximum atomic E-state index is 8.86. The van der Waals surface area contributed by atoms with Gasteiger partial charge in [0.25, 0.3) is 0 Å². The molecule has 0 atom stereocenters. The number of methoxy groups -OCH3 is 1. The summed E-state index contributed by atoms with van der Waals surface area (Å²) >= 11 is 0. The van der Waals surface area contributed by atoms with Gasteiger partial charge in [0, 0.05) is 11.6 Å². The number of hydrogen-bond donors (Lipinski definition) is 1. The Balaban J connectivity index is 2.77. The Labute approximate surface area is 113 Å². The number of nitrogens with zero attached hydrogens (tertiary/aromatic N) is 1. The topological polar surface area (TPSA) is 60.3 Å². The summed E-state index contributed by atoms with van der Waals surface area (Å²) in [7, 11) is 1.59. The summed E-state index contributed by atoms with van der Waals surface area (Å²) in [6, 6.07) is 5.35. The summed E-state index contributed by atoms with van der Waals surface area (Å²) in [6.45, 7) is 6.58. The minimum atomic E-state index is 0.175. The maximum Gasteiger partial charge on any atom is 0.132 e. The molecule has 5 nitrogen and oxygen atoms in total. The van der Waals surface area contributed by atoms with Gasteiger partial charge in [-0.1, -0.05) is 5.16 Å². The first kappa shape index (κ1) is 15.3. The van der Waals surface area contributed by atoms with E-state index in [9.17, 15) is 0 Å². The molecule has 0 aliphatic heterocycles. The van der Waals surface area contributed by atoms with Crippen molar-refractivity contribution in [1.29, 1.82) is 0 Å². The maximum absolute atomic E-state index is 8.86. The molecule has 5 heteroatoms. The molecule has 1 aromatic carbocycles. The Morgan fingerprint density at radius 1 is 1.32 bits per heavy atom. The quantitative estimate of drug-likeness (QED) is 0.357. The summed E-state index contributed by atoms with van der Waals surface area (Å²) in [5, 5.41) is 12.1. The molecule has 0 aliphatic rings. The molecule has 0 radical (unpaired) electrons. The molecule has 0 fully saturated rings. The molecular weight excluding hydrogens is 246 g/mol. The third kappa shape index (κ3) is 4.79. The first-order valence-corrected chi connectivity index (χ1v) is 6.20. The number of ether oxygens (including phenoxy) is 3. The van der Waals surface area contributed by atoms with Gasteiger partial charge in [-0.3, -0.25) is 0 Å². The van der Waals surface area contributed by atoms with Crippen LogP contribution in [0, 0.1) is 0 Å². The van der Waals surface area contributed by atoms with Crippen LogP contribution in [-0.4, -0.2) is 37.3 Å². The van der Waals surface area contributed by atoms with Crippen LogP contribution in [0.5, 0.6) is 11.5 Å². The third-order valence-electron chi connectivity index (χ3n) is 2.52. The van der Waals surface area contributed by atoms with Crippen LogP contribution in [0.3, 0.4) is 0 Å². The van der Waals surface area contributed by atoms with Gasteiger partial charge in [-0.15, -0.1) is 0 Å². The standard InChI is InChI=1S/C14H21NO4/c1-10(2)18-7-8-19-14-9-12(17-4)5-6-13(14)11(3)15-16/h5-6,9-10,16H,7-8H2,1-4H3/b15-11+. The normalized spacial score (nSPS) is 11.7. The molecule has 0 saturated heterocycles. The molecule has 1 aromatic rings. The molecule has 1 rings (SSSR count). The van der Waals surface area contributed by atoms with Crippen molar-refractivity contribution in [3.8, 4) is 11.5 Å². The lowest BCUT2D eigenvalue weighted by Gasteiger charge is -2.13. The van der Waals surface area contributed by atoms with Gasteiger partial charge < -0.3 is 19.4 Å². The molecule has 0 heterocycles. The summed E-state index contributed by atoms with van der Waals surface area (Å²) in [4.78, 5) is 0. The monoisotopic (exact) mass is 267 g/mol. The molecule has 1 N–H and O–H groups in total. The Morgan fingerprint density at radius 2 is 2.05 bits per heavy atom. The lowest BCUT2D eigenvalue weighted by molar-refractivity contribution is 0.0552. The fourth-order valence-electron chi connectivity index (χ4n) is 1.54. The van der Waals surface area contributed by atoms with E-state index in [2.05, 4.69) is 5.16 Å². The van der Waals surface area contributed by atoms with Crippen molar-refractivity contribution in [3.63, 3.8) is 0 Å². The minimum Gasteiger partial charge on any atom is -0.497 e. The van der Waals surface area contributed by atoms with Crippen molar-refractivity contribution >= 4 is 5.71 Å². The van der Waals surface area contributed by atoms with E-state index in [0.29, 0.717) is 30.4 Å². The SMILES string of the molecule is COc1ccc(/C(C)=N/O)c(OCCOC(C)C)c1. The Morgan fingerprint density at radius 3 is 2.63 bits per heavy atom. The van der Waals surface area contributed by atoms with E-state index < -0.39 is 0 Å². The van der Waals surface area contributed by atoms with E-state index in [1.807, 2.05) is 13.8 Å². The molecule has 19 heavy (non-hydrogen) atoms. The van der Waals surface area contributed by atoms with Gasteiger partial charge in [0.15, 0.2) is 0 Å². The Kier molecular flexibility index (Phi) is 6.15. The predicted molar refractivity (Wildman–Crippen MR) is 73.6 cm³/mol. The fraction of sp³-hybridized carbons (Fsp3) is 0.500. The van der Waals surface area contributed by atoms with E-state index in [4.69, 9.17) is 19.4 Å². The molecule has 0 aromatic heterocycles. The van der Waals surface area contributed by atoms with Gasteiger partial charge in [-0.25, -0.2) is 0 Å². The summed E-state index contributed by atoms with van der Waals surface area (Å²) < 4.78 is 16.2.